The molecule has 4 rings (SSSR count). The van der Waals surface area contributed by atoms with Crippen molar-refractivity contribution >= 4 is 33.1 Å². The van der Waals surface area contributed by atoms with Crippen molar-refractivity contribution in [1.82, 2.24) is 4.98 Å². The van der Waals surface area contributed by atoms with Crippen molar-refractivity contribution in [1.29, 1.82) is 0 Å². The van der Waals surface area contributed by atoms with Crippen molar-refractivity contribution in [2.45, 2.75) is 18.8 Å². The molecule has 0 radical (unpaired) electrons. The first-order valence-electron chi connectivity index (χ1n) is 9.87. The van der Waals surface area contributed by atoms with Gasteiger partial charge in [0.25, 0.3) is 5.91 Å². The largest absolute Gasteiger partial charge is 0.497 e. The molecule has 2 N–H and O–H groups in total. The van der Waals surface area contributed by atoms with Crippen LogP contribution in [-0.2, 0) is 4.79 Å². The number of benzene rings is 2. The van der Waals surface area contributed by atoms with Crippen LogP contribution >= 0.6 is 11.3 Å². The molecule has 3 aromatic rings. The molecule has 7 heteroatoms. The number of carbonyl (C=O) groups is 1. The van der Waals surface area contributed by atoms with E-state index in [9.17, 15) is 4.79 Å². The van der Waals surface area contributed by atoms with Crippen LogP contribution in [0.4, 0.5) is 5.69 Å². The molecule has 6 nitrogen and oxygen atoms in total. The summed E-state index contributed by atoms with van der Waals surface area (Å²) in [5.74, 6) is 1.80. The van der Waals surface area contributed by atoms with Gasteiger partial charge in [0.05, 0.1) is 48.2 Å². The summed E-state index contributed by atoms with van der Waals surface area (Å²) in [5, 5.41) is 4.20. The van der Waals surface area contributed by atoms with Gasteiger partial charge >= 0.3 is 0 Å². The molecule has 1 fully saturated rings. The summed E-state index contributed by atoms with van der Waals surface area (Å²) < 4.78 is 11.8. The van der Waals surface area contributed by atoms with Gasteiger partial charge in [0.1, 0.15) is 11.5 Å². The number of rotatable bonds is 6. The molecule has 29 heavy (non-hydrogen) atoms. The van der Waals surface area contributed by atoms with E-state index in [4.69, 9.17) is 14.5 Å². The third kappa shape index (κ3) is 4.52. The van der Waals surface area contributed by atoms with Gasteiger partial charge in [-0.1, -0.05) is 12.1 Å². The van der Waals surface area contributed by atoms with Crippen LogP contribution in [0.5, 0.6) is 11.5 Å². The molecule has 0 unspecified atom stereocenters. The Morgan fingerprint density at radius 1 is 1.17 bits per heavy atom. The lowest BCUT2D eigenvalue weighted by molar-refractivity contribution is -0.897. The predicted octanol–water partition coefficient (Wildman–Crippen LogP) is 2.71. The maximum atomic E-state index is 12.6. The molecule has 1 saturated heterocycles. The Morgan fingerprint density at radius 2 is 1.97 bits per heavy atom. The van der Waals surface area contributed by atoms with Crippen LogP contribution < -0.4 is 19.7 Å². The van der Waals surface area contributed by atoms with Gasteiger partial charge < -0.3 is 19.7 Å². The number of quaternary nitrogens is 1. The van der Waals surface area contributed by atoms with Gasteiger partial charge in [0.2, 0.25) is 0 Å². The zero-order valence-electron chi connectivity index (χ0n) is 16.7. The number of aromatic nitrogens is 1. The highest BCUT2D eigenvalue weighted by Crippen LogP contribution is 2.32. The molecule has 0 atom stereocenters. The zero-order chi connectivity index (χ0) is 20.2. The van der Waals surface area contributed by atoms with Gasteiger partial charge in [-0.2, -0.15) is 0 Å². The van der Waals surface area contributed by atoms with Gasteiger partial charge in [0.15, 0.2) is 6.54 Å². The van der Waals surface area contributed by atoms with Crippen LogP contribution in [0.3, 0.4) is 0 Å². The molecular formula is C22H26N3O3S+. The Morgan fingerprint density at radius 3 is 2.69 bits per heavy atom. The summed E-state index contributed by atoms with van der Waals surface area (Å²) in [6, 6.07) is 13.7. The van der Waals surface area contributed by atoms with Gasteiger partial charge in [-0.3, -0.25) is 4.79 Å². The second kappa shape index (κ2) is 8.80. The van der Waals surface area contributed by atoms with E-state index in [1.165, 1.54) is 14.6 Å². The van der Waals surface area contributed by atoms with Crippen LogP contribution in [0.1, 0.15) is 23.8 Å². The standard InChI is InChI=1S/C22H25N3O3S/c1-27-16-7-8-19(28-2)18(13-16)23-21(26)14-25-11-9-15(10-12-25)22-24-17-5-3-4-6-20(17)29-22/h3-8,13,15H,9-12,14H2,1-2H3,(H,23,26)/p+1. The lowest BCUT2D eigenvalue weighted by atomic mass is 9.97. The number of methoxy groups -OCH3 is 2. The molecule has 0 aliphatic carbocycles. The molecule has 1 aliphatic rings. The van der Waals surface area contributed by atoms with Crippen molar-refractivity contribution in [2.24, 2.45) is 0 Å². The first-order valence-corrected chi connectivity index (χ1v) is 10.7. The Hall–Kier alpha value is -2.64. The smallest absolute Gasteiger partial charge is 0.279 e. The molecule has 1 amide bonds. The van der Waals surface area contributed by atoms with Crippen LogP contribution in [0.25, 0.3) is 10.2 Å². The van der Waals surface area contributed by atoms with E-state index in [1.54, 1.807) is 37.7 Å². The fourth-order valence-corrected chi connectivity index (χ4v) is 4.98. The average molecular weight is 413 g/mol. The summed E-state index contributed by atoms with van der Waals surface area (Å²) in [5.41, 5.74) is 1.73. The van der Waals surface area contributed by atoms with Crippen molar-refractivity contribution in [3.05, 3.63) is 47.5 Å². The van der Waals surface area contributed by atoms with Crippen molar-refractivity contribution in [2.75, 3.05) is 39.2 Å². The summed E-state index contributed by atoms with van der Waals surface area (Å²) in [4.78, 5) is 18.7. The Balaban J connectivity index is 1.33. The summed E-state index contributed by atoms with van der Waals surface area (Å²) in [6.45, 7) is 2.40. The number of fused-ring (bicyclic) bond motifs is 1. The van der Waals surface area contributed by atoms with Gasteiger partial charge in [-0.25, -0.2) is 4.98 Å². The number of likely N-dealkylation sites (tertiary alicyclic amines) is 1. The van der Waals surface area contributed by atoms with E-state index in [0.29, 0.717) is 29.6 Å². The SMILES string of the molecule is COc1ccc(OC)c(NC(=O)C[NH+]2CCC(c3nc4ccccc4s3)CC2)c1. The first-order chi connectivity index (χ1) is 14.2. The number of amides is 1. The maximum absolute atomic E-state index is 12.6. The topological polar surface area (TPSA) is 64.9 Å². The Labute approximate surface area is 174 Å². The Kier molecular flexibility index (Phi) is 5.97. The van der Waals surface area contributed by atoms with Crippen LogP contribution in [0.2, 0.25) is 0 Å². The third-order valence-corrected chi connectivity index (χ3v) is 6.64. The quantitative estimate of drug-likeness (QED) is 0.653. The number of hydrogen-bond acceptors (Lipinski definition) is 5. The van der Waals surface area contributed by atoms with E-state index in [2.05, 4.69) is 23.5 Å². The lowest BCUT2D eigenvalue weighted by Gasteiger charge is -2.27. The number of anilines is 1. The van der Waals surface area contributed by atoms with Crippen molar-refractivity contribution in [3.63, 3.8) is 0 Å². The molecular weight excluding hydrogens is 386 g/mol. The normalized spacial score (nSPS) is 19.1. The second-order valence-electron chi connectivity index (χ2n) is 7.34. The number of piperidine rings is 1. The van der Waals surface area contributed by atoms with Crippen LogP contribution in [0.15, 0.2) is 42.5 Å². The minimum absolute atomic E-state index is 0.00927. The number of para-hydroxylation sites is 1. The highest BCUT2D eigenvalue weighted by atomic mass is 32.1. The zero-order valence-corrected chi connectivity index (χ0v) is 17.6. The second-order valence-corrected chi connectivity index (χ2v) is 8.40. The number of ether oxygens (including phenoxy) is 2. The van der Waals surface area contributed by atoms with E-state index in [-0.39, 0.29) is 5.91 Å². The molecule has 0 bridgehead atoms. The molecule has 0 spiro atoms. The first kappa shape index (κ1) is 19.7. The minimum atomic E-state index is -0.00927. The number of carbonyl (C=O) groups excluding carboxylic acids is 1. The number of hydrogen-bond donors (Lipinski definition) is 2. The van der Waals surface area contributed by atoms with E-state index >= 15 is 0 Å². The fourth-order valence-electron chi connectivity index (χ4n) is 3.85. The number of nitrogens with one attached hydrogen (secondary N) is 2. The van der Waals surface area contributed by atoms with Gasteiger partial charge in [0, 0.05) is 24.8 Å². The fraction of sp³-hybridized carbons (Fsp3) is 0.364. The number of thiazole rings is 1. The lowest BCUT2D eigenvalue weighted by Crippen LogP contribution is -3.14. The minimum Gasteiger partial charge on any atom is -0.497 e. The highest BCUT2D eigenvalue weighted by Gasteiger charge is 2.27. The molecule has 0 saturated carbocycles. The van der Waals surface area contributed by atoms with Crippen molar-refractivity contribution in [3.8, 4) is 11.5 Å². The summed E-state index contributed by atoms with van der Waals surface area (Å²) in [7, 11) is 3.20. The molecule has 152 valence electrons. The molecule has 1 aliphatic heterocycles. The molecule has 2 heterocycles. The third-order valence-electron chi connectivity index (χ3n) is 5.44. The van der Waals surface area contributed by atoms with Crippen LogP contribution in [0, 0.1) is 0 Å². The van der Waals surface area contributed by atoms with Gasteiger partial charge in [-0.15, -0.1) is 11.3 Å². The van der Waals surface area contributed by atoms with E-state index < -0.39 is 0 Å². The van der Waals surface area contributed by atoms with E-state index in [0.717, 1.165) is 31.4 Å². The highest BCUT2D eigenvalue weighted by molar-refractivity contribution is 7.18. The maximum Gasteiger partial charge on any atom is 0.279 e. The van der Waals surface area contributed by atoms with Crippen LogP contribution in [-0.4, -0.2) is 44.7 Å². The molecule has 1 aromatic heterocycles. The number of nitrogens with zero attached hydrogens (tertiary/aromatic N) is 1. The average Bonchev–Trinajstić information content (AvgIpc) is 3.18. The summed E-state index contributed by atoms with van der Waals surface area (Å²) in [6.07, 6.45) is 2.12. The summed E-state index contributed by atoms with van der Waals surface area (Å²) >= 11 is 1.80. The van der Waals surface area contributed by atoms with Gasteiger partial charge in [-0.05, 0) is 24.3 Å². The Bertz CT molecular complexity index is 963. The predicted molar refractivity (Wildman–Crippen MR) is 115 cm³/mol. The van der Waals surface area contributed by atoms with Crippen molar-refractivity contribution < 1.29 is 19.2 Å². The molecule has 2 aromatic carbocycles. The van der Waals surface area contributed by atoms with E-state index in [1.807, 2.05) is 12.1 Å². The monoisotopic (exact) mass is 412 g/mol.